The minimum absolute atomic E-state index is 0.308. The highest BCUT2D eigenvalue weighted by molar-refractivity contribution is 7.99. The zero-order valence-electron chi connectivity index (χ0n) is 18.3. The molecule has 0 radical (unpaired) electrons. The molecule has 0 bridgehead atoms. The van der Waals surface area contributed by atoms with Gasteiger partial charge in [0.05, 0.1) is 11.4 Å². The maximum Gasteiger partial charge on any atom is 0.190 e. The molecule has 0 atom stereocenters. The van der Waals surface area contributed by atoms with E-state index in [0.29, 0.717) is 12.5 Å². The zero-order chi connectivity index (χ0) is 21.8. The molecule has 0 aliphatic carbocycles. The van der Waals surface area contributed by atoms with Crippen molar-refractivity contribution in [3.63, 3.8) is 0 Å². The summed E-state index contributed by atoms with van der Waals surface area (Å²) in [5, 5.41) is 16.2. The standard InChI is InChI=1S/C22H28N8S/c1-15(2)18-19-20(28-27-18)21(26-22(25-19)31-13-12-29(3)4)23-14-16-6-8-17(9-7-16)30-11-5-10-24-30/h5-11,15H,12-14H2,1-4H3,(H,27,28)(H,23,25,26). The van der Waals surface area contributed by atoms with Gasteiger partial charge in [0.2, 0.25) is 0 Å². The first-order valence-electron chi connectivity index (χ1n) is 10.4. The van der Waals surface area contributed by atoms with E-state index in [1.165, 1.54) is 0 Å². The van der Waals surface area contributed by atoms with Crippen LogP contribution in [0.5, 0.6) is 0 Å². The SMILES string of the molecule is CC(C)c1[nH]nc2c(NCc3ccc(-n4cccn4)cc3)nc(SCCN(C)C)nc12. The Bertz CT molecular complexity index is 1120. The van der Waals surface area contributed by atoms with E-state index in [9.17, 15) is 0 Å². The van der Waals surface area contributed by atoms with Gasteiger partial charge in [0.25, 0.3) is 0 Å². The van der Waals surface area contributed by atoms with Gasteiger partial charge in [-0.2, -0.15) is 10.2 Å². The van der Waals surface area contributed by atoms with Crippen LogP contribution in [0.3, 0.4) is 0 Å². The third-order valence-corrected chi connectivity index (χ3v) is 5.75. The Morgan fingerprint density at radius 1 is 1.13 bits per heavy atom. The van der Waals surface area contributed by atoms with Crippen LogP contribution in [0.1, 0.15) is 31.0 Å². The highest BCUT2D eigenvalue weighted by atomic mass is 32.2. The summed E-state index contributed by atoms with van der Waals surface area (Å²) >= 11 is 1.67. The molecule has 31 heavy (non-hydrogen) atoms. The molecule has 0 amide bonds. The molecule has 0 unspecified atom stereocenters. The van der Waals surface area contributed by atoms with Crippen molar-refractivity contribution in [2.75, 3.05) is 31.7 Å². The fourth-order valence-electron chi connectivity index (χ4n) is 3.18. The van der Waals surface area contributed by atoms with Gasteiger partial charge in [0.15, 0.2) is 16.5 Å². The minimum Gasteiger partial charge on any atom is -0.364 e. The molecule has 3 aromatic heterocycles. The Morgan fingerprint density at radius 2 is 1.94 bits per heavy atom. The number of benzene rings is 1. The van der Waals surface area contributed by atoms with Crippen LogP contribution < -0.4 is 5.32 Å². The summed E-state index contributed by atoms with van der Waals surface area (Å²) in [5.41, 5.74) is 4.91. The van der Waals surface area contributed by atoms with Crippen molar-refractivity contribution in [1.29, 1.82) is 0 Å². The molecule has 0 spiro atoms. The Morgan fingerprint density at radius 3 is 2.61 bits per heavy atom. The summed E-state index contributed by atoms with van der Waals surface area (Å²) in [6.07, 6.45) is 3.71. The predicted molar refractivity (Wildman–Crippen MR) is 126 cm³/mol. The molecule has 0 aliphatic rings. The van der Waals surface area contributed by atoms with E-state index >= 15 is 0 Å². The van der Waals surface area contributed by atoms with E-state index in [4.69, 9.17) is 9.97 Å². The average Bonchev–Trinajstić information content (AvgIpc) is 3.42. The van der Waals surface area contributed by atoms with E-state index < -0.39 is 0 Å². The van der Waals surface area contributed by atoms with E-state index in [-0.39, 0.29) is 0 Å². The number of fused-ring (bicyclic) bond motifs is 1. The first kappa shape index (κ1) is 21.3. The number of hydrogen-bond acceptors (Lipinski definition) is 7. The smallest absolute Gasteiger partial charge is 0.190 e. The number of anilines is 1. The summed E-state index contributed by atoms with van der Waals surface area (Å²) in [7, 11) is 4.14. The van der Waals surface area contributed by atoms with Crippen molar-refractivity contribution in [3.8, 4) is 5.69 Å². The summed E-state index contributed by atoms with van der Waals surface area (Å²) in [4.78, 5) is 11.7. The predicted octanol–water partition coefficient (Wildman–Crippen LogP) is 3.93. The Hall–Kier alpha value is -2.91. The van der Waals surface area contributed by atoms with Gasteiger partial charge in [-0.15, -0.1) is 0 Å². The number of rotatable bonds is 9. The van der Waals surface area contributed by atoms with Crippen LogP contribution in [-0.4, -0.2) is 61.2 Å². The fraction of sp³-hybridized carbons (Fsp3) is 0.364. The second kappa shape index (κ2) is 9.49. The molecule has 4 rings (SSSR count). The van der Waals surface area contributed by atoms with Crippen LogP contribution in [0.4, 0.5) is 5.82 Å². The molecule has 4 aromatic rings. The molecule has 1 aromatic carbocycles. The first-order valence-corrected chi connectivity index (χ1v) is 11.4. The number of aromatic amines is 1. The summed E-state index contributed by atoms with van der Waals surface area (Å²) in [5.74, 6) is 2.00. The third kappa shape index (κ3) is 5.05. The van der Waals surface area contributed by atoms with Crippen LogP contribution in [0, 0.1) is 0 Å². The molecule has 2 N–H and O–H groups in total. The molecule has 0 fully saturated rings. The lowest BCUT2D eigenvalue weighted by atomic mass is 10.1. The van der Waals surface area contributed by atoms with Gasteiger partial charge in [-0.1, -0.05) is 37.7 Å². The normalized spacial score (nSPS) is 11.7. The topological polar surface area (TPSA) is 87.5 Å². The monoisotopic (exact) mass is 436 g/mol. The van der Waals surface area contributed by atoms with Crippen LogP contribution >= 0.6 is 11.8 Å². The van der Waals surface area contributed by atoms with E-state index in [0.717, 1.165) is 51.3 Å². The van der Waals surface area contributed by atoms with Crippen LogP contribution in [0.2, 0.25) is 0 Å². The van der Waals surface area contributed by atoms with Crippen LogP contribution in [0.25, 0.3) is 16.7 Å². The summed E-state index contributed by atoms with van der Waals surface area (Å²) in [6, 6.07) is 10.2. The Labute approximate surface area is 186 Å². The lowest BCUT2D eigenvalue weighted by molar-refractivity contribution is 0.437. The lowest BCUT2D eigenvalue weighted by Crippen LogP contribution is -2.15. The molecule has 0 aliphatic heterocycles. The number of H-pyrrole nitrogens is 1. The number of aromatic nitrogens is 6. The average molecular weight is 437 g/mol. The van der Waals surface area contributed by atoms with Gasteiger partial charge >= 0.3 is 0 Å². The van der Waals surface area contributed by atoms with Crippen molar-refractivity contribution >= 4 is 28.6 Å². The fourth-order valence-corrected chi connectivity index (χ4v) is 4.13. The summed E-state index contributed by atoms with van der Waals surface area (Å²) in [6.45, 7) is 5.90. The van der Waals surface area contributed by atoms with Crippen LogP contribution in [-0.2, 0) is 6.54 Å². The number of nitrogens with zero attached hydrogens (tertiary/aromatic N) is 6. The van der Waals surface area contributed by atoms with Crippen molar-refractivity contribution in [2.45, 2.75) is 31.5 Å². The second-order valence-electron chi connectivity index (χ2n) is 7.97. The second-order valence-corrected chi connectivity index (χ2v) is 9.03. The van der Waals surface area contributed by atoms with E-state index in [1.807, 2.05) is 16.9 Å². The Balaban J connectivity index is 1.55. The quantitative estimate of drug-likeness (QED) is 0.304. The molecule has 8 nitrogen and oxygen atoms in total. The molecular weight excluding hydrogens is 408 g/mol. The van der Waals surface area contributed by atoms with Gasteiger partial charge in [-0.3, -0.25) is 5.10 Å². The minimum atomic E-state index is 0.308. The van der Waals surface area contributed by atoms with Gasteiger partial charge in [0, 0.05) is 31.2 Å². The maximum atomic E-state index is 4.80. The number of hydrogen-bond donors (Lipinski definition) is 2. The summed E-state index contributed by atoms with van der Waals surface area (Å²) < 4.78 is 1.85. The molecule has 9 heteroatoms. The van der Waals surface area contributed by atoms with Gasteiger partial charge < -0.3 is 10.2 Å². The highest BCUT2D eigenvalue weighted by Crippen LogP contribution is 2.28. The lowest BCUT2D eigenvalue weighted by Gasteiger charge is -2.11. The largest absolute Gasteiger partial charge is 0.364 e. The van der Waals surface area contributed by atoms with Crippen molar-refractivity contribution in [3.05, 3.63) is 54.0 Å². The Kier molecular flexibility index (Phi) is 6.53. The first-order chi connectivity index (χ1) is 15.0. The molecular formula is C22H28N8S. The molecule has 3 heterocycles. The van der Waals surface area contributed by atoms with E-state index in [2.05, 4.69) is 77.7 Å². The zero-order valence-corrected chi connectivity index (χ0v) is 19.1. The third-order valence-electron chi connectivity index (χ3n) is 4.92. The molecule has 0 saturated carbocycles. The molecule has 162 valence electrons. The van der Waals surface area contributed by atoms with Gasteiger partial charge in [-0.25, -0.2) is 14.6 Å². The van der Waals surface area contributed by atoms with Crippen LogP contribution in [0.15, 0.2) is 47.9 Å². The van der Waals surface area contributed by atoms with Crippen molar-refractivity contribution < 1.29 is 0 Å². The number of thioether (sulfide) groups is 1. The number of nitrogens with one attached hydrogen (secondary N) is 2. The van der Waals surface area contributed by atoms with E-state index in [1.54, 1.807) is 18.0 Å². The van der Waals surface area contributed by atoms with Crippen molar-refractivity contribution in [1.82, 2.24) is 34.8 Å². The van der Waals surface area contributed by atoms with Gasteiger partial charge in [0.1, 0.15) is 5.52 Å². The molecule has 0 saturated heterocycles. The highest BCUT2D eigenvalue weighted by Gasteiger charge is 2.17. The van der Waals surface area contributed by atoms with Crippen molar-refractivity contribution in [2.24, 2.45) is 0 Å². The maximum absolute atomic E-state index is 4.80. The van der Waals surface area contributed by atoms with Gasteiger partial charge in [-0.05, 0) is 43.8 Å².